The van der Waals surface area contributed by atoms with Crippen molar-refractivity contribution >= 4 is 22.4 Å². The highest BCUT2D eigenvalue weighted by atomic mass is 35.5. The minimum Gasteiger partial charge on any atom is -0.488 e. The van der Waals surface area contributed by atoms with Gasteiger partial charge in [-0.05, 0) is 42.8 Å². The van der Waals surface area contributed by atoms with Gasteiger partial charge in [-0.2, -0.15) is 0 Å². The van der Waals surface area contributed by atoms with Crippen molar-refractivity contribution in [3.8, 4) is 5.75 Å². The minimum atomic E-state index is -0.428. The Labute approximate surface area is 163 Å². The van der Waals surface area contributed by atoms with Gasteiger partial charge in [-0.25, -0.2) is 4.39 Å². The van der Waals surface area contributed by atoms with E-state index in [1.165, 1.54) is 6.07 Å². The van der Waals surface area contributed by atoms with Gasteiger partial charge in [0.05, 0.1) is 11.6 Å². The third kappa shape index (κ3) is 4.59. The zero-order valence-electron chi connectivity index (χ0n) is 15.4. The zero-order chi connectivity index (χ0) is 19.4. The van der Waals surface area contributed by atoms with Gasteiger partial charge in [0.2, 0.25) is 0 Å². The highest BCUT2D eigenvalue weighted by Gasteiger charge is 2.18. The van der Waals surface area contributed by atoms with Gasteiger partial charge in [0, 0.05) is 23.2 Å². The predicted octanol–water partition coefficient (Wildman–Crippen LogP) is 5.07. The number of aliphatic hydroxyl groups excluding tert-OH is 1. The van der Waals surface area contributed by atoms with Crippen molar-refractivity contribution in [1.29, 1.82) is 0 Å². The van der Waals surface area contributed by atoms with E-state index in [-0.39, 0.29) is 19.0 Å². The SMILES string of the molecule is CC(C)(CO)NCc1c(OCc2c(F)cccc2Cl)ccc2ccccc12. The van der Waals surface area contributed by atoms with Gasteiger partial charge in [0.1, 0.15) is 18.2 Å². The van der Waals surface area contributed by atoms with E-state index in [0.717, 1.165) is 16.3 Å². The number of hydrogen-bond donors (Lipinski definition) is 2. The summed E-state index contributed by atoms with van der Waals surface area (Å²) in [5, 5.41) is 15.4. The highest BCUT2D eigenvalue weighted by Crippen LogP contribution is 2.30. The number of nitrogens with one attached hydrogen (secondary N) is 1. The first-order valence-corrected chi connectivity index (χ1v) is 9.21. The molecule has 0 aliphatic heterocycles. The molecule has 0 bridgehead atoms. The first-order chi connectivity index (χ1) is 12.9. The van der Waals surface area contributed by atoms with Crippen LogP contribution < -0.4 is 10.1 Å². The highest BCUT2D eigenvalue weighted by molar-refractivity contribution is 6.31. The fourth-order valence-corrected chi connectivity index (χ4v) is 3.05. The molecule has 0 saturated heterocycles. The molecule has 3 rings (SSSR count). The summed E-state index contributed by atoms with van der Waals surface area (Å²) in [7, 11) is 0. The van der Waals surface area contributed by atoms with Crippen LogP contribution >= 0.6 is 11.6 Å². The molecule has 3 aromatic carbocycles. The van der Waals surface area contributed by atoms with E-state index in [1.807, 2.05) is 50.2 Å². The van der Waals surface area contributed by atoms with E-state index < -0.39 is 5.54 Å². The number of ether oxygens (including phenoxy) is 1. The number of aliphatic hydroxyl groups is 1. The van der Waals surface area contributed by atoms with Crippen LogP contribution in [0.25, 0.3) is 10.8 Å². The average Bonchev–Trinajstić information content (AvgIpc) is 2.66. The monoisotopic (exact) mass is 387 g/mol. The van der Waals surface area contributed by atoms with Crippen LogP contribution in [0, 0.1) is 5.82 Å². The van der Waals surface area contributed by atoms with Gasteiger partial charge in [-0.1, -0.05) is 48.0 Å². The van der Waals surface area contributed by atoms with Crippen LogP contribution in [0.3, 0.4) is 0 Å². The molecule has 0 heterocycles. The second-order valence-electron chi connectivity index (χ2n) is 7.15. The minimum absolute atomic E-state index is 0.0127. The smallest absolute Gasteiger partial charge is 0.131 e. The van der Waals surface area contributed by atoms with Crippen LogP contribution in [0.4, 0.5) is 4.39 Å². The summed E-state index contributed by atoms with van der Waals surface area (Å²) in [4.78, 5) is 0. The average molecular weight is 388 g/mol. The standard InChI is InChI=1S/C22H23ClFNO2/c1-22(2,14-26)25-12-17-16-7-4-3-6-15(16)10-11-21(17)27-13-18-19(23)8-5-9-20(18)24/h3-11,25-26H,12-14H2,1-2H3. The molecule has 142 valence electrons. The van der Waals surface area contributed by atoms with Gasteiger partial charge >= 0.3 is 0 Å². The number of hydrogen-bond acceptors (Lipinski definition) is 3. The van der Waals surface area contributed by atoms with Crippen molar-refractivity contribution in [1.82, 2.24) is 5.32 Å². The normalized spacial score (nSPS) is 11.7. The van der Waals surface area contributed by atoms with E-state index in [4.69, 9.17) is 16.3 Å². The summed E-state index contributed by atoms with van der Waals surface area (Å²) in [5.41, 5.74) is 0.868. The molecule has 5 heteroatoms. The molecule has 0 radical (unpaired) electrons. The van der Waals surface area contributed by atoms with E-state index in [0.29, 0.717) is 22.9 Å². The Morgan fingerprint density at radius 3 is 2.56 bits per heavy atom. The van der Waals surface area contributed by atoms with Crippen molar-refractivity contribution < 1.29 is 14.2 Å². The Morgan fingerprint density at radius 1 is 1.04 bits per heavy atom. The Balaban J connectivity index is 1.93. The summed E-state index contributed by atoms with van der Waals surface area (Å²) in [6.45, 7) is 4.42. The molecule has 27 heavy (non-hydrogen) atoms. The first kappa shape index (κ1) is 19.6. The quantitative estimate of drug-likeness (QED) is 0.594. The largest absolute Gasteiger partial charge is 0.488 e. The Kier molecular flexibility index (Phi) is 6.00. The number of rotatable bonds is 7. The lowest BCUT2D eigenvalue weighted by Crippen LogP contribution is -2.42. The molecule has 0 unspecified atom stereocenters. The summed E-state index contributed by atoms with van der Waals surface area (Å²) in [6, 6.07) is 16.5. The van der Waals surface area contributed by atoms with Crippen LogP contribution in [-0.4, -0.2) is 17.3 Å². The van der Waals surface area contributed by atoms with Crippen LogP contribution in [0.15, 0.2) is 54.6 Å². The molecule has 0 amide bonds. The molecule has 0 saturated carbocycles. The predicted molar refractivity (Wildman–Crippen MR) is 108 cm³/mol. The van der Waals surface area contributed by atoms with Gasteiger partial charge in [0.25, 0.3) is 0 Å². The molecular weight excluding hydrogens is 365 g/mol. The van der Waals surface area contributed by atoms with Gasteiger partial charge < -0.3 is 15.2 Å². The van der Waals surface area contributed by atoms with Crippen LogP contribution in [-0.2, 0) is 13.2 Å². The van der Waals surface area contributed by atoms with Crippen molar-refractivity contribution in [3.63, 3.8) is 0 Å². The van der Waals surface area contributed by atoms with Gasteiger partial charge in [-0.15, -0.1) is 0 Å². The van der Waals surface area contributed by atoms with E-state index in [2.05, 4.69) is 5.32 Å². The summed E-state index contributed by atoms with van der Waals surface area (Å²) in [6.07, 6.45) is 0. The fraction of sp³-hybridized carbons (Fsp3) is 0.273. The van der Waals surface area contributed by atoms with E-state index in [9.17, 15) is 9.50 Å². The number of fused-ring (bicyclic) bond motifs is 1. The zero-order valence-corrected chi connectivity index (χ0v) is 16.2. The molecule has 3 aromatic rings. The van der Waals surface area contributed by atoms with E-state index >= 15 is 0 Å². The molecule has 0 aliphatic rings. The first-order valence-electron chi connectivity index (χ1n) is 8.83. The van der Waals surface area contributed by atoms with Crippen LogP contribution in [0.5, 0.6) is 5.75 Å². The number of halogens is 2. The maximum atomic E-state index is 14.1. The van der Waals surface area contributed by atoms with Gasteiger partial charge in [0.15, 0.2) is 0 Å². The maximum absolute atomic E-state index is 14.1. The van der Waals surface area contributed by atoms with Crippen molar-refractivity contribution in [2.45, 2.75) is 32.5 Å². The Bertz CT molecular complexity index is 922. The molecule has 2 N–H and O–H groups in total. The Morgan fingerprint density at radius 2 is 1.81 bits per heavy atom. The van der Waals surface area contributed by atoms with Crippen molar-refractivity contribution in [2.75, 3.05) is 6.61 Å². The molecule has 0 fully saturated rings. The van der Waals surface area contributed by atoms with Crippen LogP contribution in [0.1, 0.15) is 25.0 Å². The lowest BCUT2D eigenvalue weighted by molar-refractivity contribution is 0.187. The summed E-state index contributed by atoms with van der Waals surface area (Å²) < 4.78 is 20.0. The third-order valence-corrected chi connectivity index (χ3v) is 4.92. The second kappa shape index (κ2) is 8.26. The lowest BCUT2D eigenvalue weighted by atomic mass is 10.0. The lowest BCUT2D eigenvalue weighted by Gasteiger charge is -2.25. The maximum Gasteiger partial charge on any atom is 0.131 e. The molecule has 0 spiro atoms. The third-order valence-electron chi connectivity index (χ3n) is 4.57. The molecule has 3 nitrogen and oxygen atoms in total. The van der Waals surface area contributed by atoms with Gasteiger partial charge in [-0.3, -0.25) is 0 Å². The Hall–Kier alpha value is -2.14. The molecule has 0 aromatic heterocycles. The second-order valence-corrected chi connectivity index (χ2v) is 7.56. The van der Waals surface area contributed by atoms with E-state index in [1.54, 1.807) is 12.1 Å². The van der Waals surface area contributed by atoms with Crippen molar-refractivity contribution in [3.05, 3.63) is 76.6 Å². The van der Waals surface area contributed by atoms with Crippen LogP contribution in [0.2, 0.25) is 5.02 Å². The van der Waals surface area contributed by atoms with Crippen molar-refractivity contribution in [2.24, 2.45) is 0 Å². The fourth-order valence-electron chi connectivity index (χ4n) is 2.84. The number of benzene rings is 3. The summed E-state index contributed by atoms with van der Waals surface area (Å²) in [5.74, 6) is 0.277. The molecule has 0 aliphatic carbocycles. The summed E-state index contributed by atoms with van der Waals surface area (Å²) >= 11 is 6.11. The molecular formula is C22H23ClFNO2. The topological polar surface area (TPSA) is 41.5 Å². The molecule has 0 atom stereocenters.